The van der Waals surface area contributed by atoms with Crippen LogP contribution in [0.5, 0.6) is 0 Å². The van der Waals surface area contributed by atoms with Gasteiger partial charge < -0.3 is 10.1 Å². The minimum atomic E-state index is -0.240. The molecule has 0 spiro atoms. The molecule has 1 aromatic carbocycles. The molecule has 0 saturated heterocycles. The van der Waals surface area contributed by atoms with Crippen LogP contribution in [0.25, 0.3) is 0 Å². The molecule has 1 aromatic rings. The van der Waals surface area contributed by atoms with Crippen molar-refractivity contribution >= 4 is 17.7 Å². The molecule has 5 heteroatoms. The number of carbonyl (C=O) groups excluding carboxylic acids is 1. The van der Waals surface area contributed by atoms with Gasteiger partial charge in [-0.2, -0.15) is 0 Å². The van der Waals surface area contributed by atoms with E-state index in [-0.39, 0.29) is 17.8 Å². The first-order valence-corrected chi connectivity index (χ1v) is 6.77. The first-order valence-electron chi connectivity index (χ1n) is 5.79. The highest BCUT2D eigenvalue weighted by Gasteiger charge is 2.07. The van der Waals surface area contributed by atoms with Crippen molar-refractivity contribution in [2.24, 2.45) is 0 Å². The predicted molar refractivity (Wildman–Crippen MR) is 71.2 cm³/mol. The van der Waals surface area contributed by atoms with Gasteiger partial charge in [-0.15, -0.1) is 11.8 Å². The van der Waals surface area contributed by atoms with Gasteiger partial charge in [-0.3, -0.25) is 4.79 Å². The summed E-state index contributed by atoms with van der Waals surface area (Å²) in [6.07, 6.45) is 0.368. The van der Waals surface area contributed by atoms with Crippen LogP contribution in [0.1, 0.15) is 13.3 Å². The second-order valence-electron chi connectivity index (χ2n) is 3.95. The van der Waals surface area contributed by atoms with Crippen LogP contribution >= 0.6 is 11.8 Å². The average Bonchev–Trinajstić information content (AvgIpc) is 2.31. The molecule has 1 amide bonds. The van der Waals surface area contributed by atoms with E-state index in [0.29, 0.717) is 23.7 Å². The van der Waals surface area contributed by atoms with Crippen molar-refractivity contribution in [2.75, 3.05) is 19.5 Å². The van der Waals surface area contributed by atoms with Crippen LogP contribution in [0, 0.1) is 5.82 Å². The maximum atomic E-state index is 13.3. The molecule has 0 unspecified atom stereocenters. The number of carbonyl (C=O) groups is 1. The zero-order valence-corrected chi connectivity index (χ0v) is 11.4. The molecule has 0 bridgehead atoms. The Kier molecular flexibility index (Phi) is 6.75. The smallest absolute Gasteiger partial charge is 0.221 e. The molecule has 0 radical (unpaired) electrons. The highest BCUT2D eigenvalue weighted by atomic mass is 32.2. The molecule has 1 N–H and O–H groups in total. The molecule has 0 aromatic heterocycles. The molecular weight excluding hydrogens is 253 g/mol. The maximum Gasteiger partial charge on any atom is 0.221 e. The van der Waals surface area contributed by atoms with Gasteiger partial charge in [0.05, 0.1) is 6.61 Å². The van der Waals surface area contributed by atoms with Gasteiger partial charge >= 0.3 is 0 Å². The average molecular weight is 271 g/mol. The summed E-state index contributed by atoms with van der Waals surface area (Å²) in [7, 11) is 1.59. The van der Waals surface area contributed by atoms with Crippen molar-refractivity contribution in [2.45, 2.75) is 24.3 Å². The van der Waals surface area contributed by atoms with E-state index in [1.54, 1.807) is 25.3 Å². The monoisotopic (exact) mass is 271 g/mol. The molecule has 0 aliphatic carbocycles. The quantitative estimate of drug-likeness (QED) is 0.774. The minimum Gasteiger partial charge on any atom is -0.383 e. The number of amides is 1. The molecule has 0 saturated carbocycles. The van der Waals surface area contributed by atoms with E-state index in [1.165, 1.54) is 17.8 Å². The molecule has 100 valence electrons. The van der Waals surface area contributed by atoms with E-state index in [0.717, 1.165) is 0 Å². The summed E-state index contributed by atoms with van der Waals surface area (Å²) in [5.41, 5.74) is 0. The standard InChI is InChI=1S/C13H18FNO2S/c1-10(9-17-2)15-13(16)7-8-18-12-6-4-3-5-11(12)14/h3-6,10H,7-9H2,1-2H3,(H,15,16)/t10-/m0/s1. The highest BCUT2D eigenvalue weighted by molar-refractivity contribution is 7.99. The van der Waals surface area contributed by atoms with Gasteiger partial charge in [-0.25, -0.2) is 4.39 Å². The number of rotatable bonds is 7. The van der Waals surface area contributed by atoms with E-state index in [9.17, 15) is 9.18 Å². The van der Waals surface area contributed by atoms with Gasteiger partial charge in [-0.05, 0) is 19.1 Å². The Labute approximate surface area is 111 Å². The summed E-state index contributed by atoms with van der Waals surface area (Å²) in [4.78, 5) is 12.1. The number of halogens is 1. The summed E-state index contributed by atoms with van der Waals surface area (Å²) in [6, 6.07) is 6.57. The third kappa shape index (κ3) is 5.51. The normalized spacial score (nSPS) is 12.2. The fourth-order valence-electron chi connectivity index (χ4n) is 1.45. The van der Waals surface area contributed by atoms with Crippen LogP contribution in [-0.2, 0) is 9.53 Å². The molecule has 0 aliphatic rings. The molecule has 18 heavy (non-hydrogen) atoms. The first kappa shape index (κ1) is 15.0. The lowest BCUT2D eigenvalue weighted by Gasteiger charge is -2.12. The lowest BCUT2D eigenvalue weighted by molar-refractivity contribution is -0.121. The first-order chi connectivity index (χ1) is 8.63. The summed E-state index contributed by atoms with van der Waals surface area (Å²) in [5.74, 6) is 0.283. The van der Waals surface area contributed by atoms with Crippen molar-refractivity contribution in [1.29, 1.82) is 0 Å². The van der Waals surface area contributed by atoms with E-state index in [2.05, 4.69) is 5.32 Å². The summed E-state index contributed by atoms with van der Waals surface area (Å²) in [5, 5.41) is 2.81. The lowest BCUT2D eigenvalue weighted by Crippen LogP contribution is -2.35. The van der Waals surface area contributed by atoms with E-state index >= 15 is 0 Å². The largest absolute Gasteiger partial charge is 0.383 e. The topological polar surface area (TPSA) is 38.3 Å². The Balaban J connectivity index is 2.25. The van der Waals surface area contributed by atoms with Gasteiger partial charge in [0.2, 0.25) is 5.91 Å². The van der Waals surface area contributed by atoms with Crippen LogP contribution < -0.4 is 5.32 Å². The van der Waals surface area contributed by atoms with Gasteiger partial charge in [0.25, 0.3) is 0 Å². The van der Waals surface area contributed by atoms with Crippen molar-refractivity contribution in [3.63, 3.8) is 0 Å². The van der Waals surface area contributed by atoms with Crippen molar-refractivity contribution in [1.82, 2.24) is 5.32 Å². The predicted octanol–water partition coefficient (Wildman–Crippen LogP) is 2.46. The highest BCUT2D eigenvalue weighted by Crippen LogP contribution is 2.21. The third-order valence-corrected chi connectivity index (χ3v) is 3.30. The number of nitrogens with one attached hydrogen (secondary N) is 1. The SMILES string of the molecule is COC[C@H](C)NC(=O)CCSc1ccccc1F. The zero-order chi connectivity index (χ0) is 13.4. The minimum absolute atomic E-state index is 0.000890. The van der Waals surface area contributed by atoms with E-state index in [1.807, 2.05) is 6.92 Å². The van der Waals surface area contributed by atoms with Crippen molar-refractivity contribution in [3.8, 4) is 0 Å². The van der Waals surface area contributed by atoms with Crippen LogP contribution in [0.3, 0.4) is 0 Å². The second kappa shape index (κ2) is 8.11. The molecular formula is C13H18FNO2S. The van der Waals surface area contributed by atoms with Crippen LogP contribution in [0.2, 0.25) is 0 Å². The van der Waals surface area contributed by atoms with Gasteiger partial charge in [0.15, 0.2) is 0 Å². The van der Waals surface area contributed by atoms with Crippen LogP contribution in [-0.4, -0.2) is 31.4 Å². The van der Waals surface area contributed by atoms with Gasteiger partial charge in [0, 0.05) is 30.2 Å². The Morgan fingerprint density at radius 1 is 1.50 bits per heavy atom. The molecule has 0 aliphatic heterocycles. The zero-order valence-electron chi connectivity index (χ0n) is 10.6. The Morgan fingerprint density at radius 3 is 2.89 bits per heavy atom. The molecule has 1 atom stereocenters. The molecule has 3 nitrogen and oxygen atoms in total. The third-order valence-electron chi connectivity index (χ3n) is 2.25. The summed E-state index contributed by atoms with van der Waals surface area (Å²) in [6.45, 7) is 2.37. The fraction of sp³-hybridized carbons (Fsp3) is 0.462. The van der Waals surface area contributed by atoms with E-state index in [4.69, 9.17) is 4.74 Å². The number of hydrogen-bond acceptors (Lipinski definition) is 3. The number of benzene rings is 1. The number of methoxy groups -OCH3 is 1. The Hall–Kier alpha value is -1.07. The summed E-state index contributed by atoms with van der Waals surface area (Å²) < 4.78 is 18.2. The number of ether oxygens (including phenoxy) is 1. The van der Waals surface area contributed by atoms with Crippen molar-refractivity contribution < 1.29 is 13.9 Å². The van der Waals surface area contributed by atoms with Crippen LogP contribution in [0.4, 0.5) is 4.39 Å². The fourth-order valence-corrected chi connectivity index (χ4v) is 2.34. The van der Waals surface area contributed by atoms with Gasteiger partial charge in [-0.1, -0.05) is 12.1 Å². The van der Waals surface area contributed by atoms with Crippen molar-refractivity contribution in [3.05, 3.63) is 30.1 Å². The summed E-state index contributed by atoms with van der Waals surface area (Å²) >= 11 is 1.35. The van der Waals surface area contributed by atoms with Gasteiger partial charge in [0.1, 0.15) is 5.82 Å². The molecule has 0 heterocycles. The second-order valence-corrected chi connectivity index (χ2v) is 5.09. The molecule has 1 rings (SSSR count). The molecule has 0 fully saturated rings. The Morgan fingerprint density at radius 2 is 2.22 bits per heavy atom. The van der Waals surface area contributed by atoms with E-state index < -0.39 is 0 Å². The maximum absolute atomic E-state index is 13.3. The number of hydrogen-bond donors (Lipinski definition) is 1. The van der Waals surface area contributed by atoms with Crippen LogP contribution in [0.15, 0.2) is 29.2 Å². The lowest BCUT2D eigenvalue weighted by atomic mass is 10.3. The Bertz CT molecular complexity index is 387. The number of thioether (sulfide) groups is 1.